The standard InChI is InChI=1S/C30H28ClFN4O5S2/c1-18(40-9-10-43(3,37)38)30-36-26(16-42-30)22-13-23-25(14-28(22)39-2)33-17-34-29(23)35-21-7-8-27(24(31)12-21)41-15-19-5-4-6-20(32)11-19/h4-8,11-14,16-18H,9-10,15H2,1-3H3,(H,33,34,35). The first-order valence-corrected chi connectivity index (χ1v) is 16.4. The number of nitrogens with zero attached hydrogens (tertiary/aromatic N) is 3. The number of sulfone groups is 1. The van der Waals surface area contributed by atoms with Gasteiger partial charge in [0.25, 0.3) is 0 Å². The fourth-order valence-corrected chi connectivity index (χ4v) is 5.68. The van der Waals surface area contributed by atoms with Crippen LogP contribution >= 0.6 is 22.9 Å². The van der Waals surface area contributed by atoms with E-state index in [0.29, 0.717) is 49.8 Å². The van der Waals surface area contributed by atoms with Crippen LogP contribution in [0.4, 0.5) is 15.9 Å². The summed E-state index contributed by atoms with van der Waals surface area (Å²) in [5, 5.41) is 7.02. The van der Waals surface area contributed by atoms with Gasteiger partial charge >= 0.3 is 0 Å². The first-order chi connectivity index (χ1) is 20.6. The summed E-state index contributed by atoms with van der Waals surface area (Å²) in [4.78, 5) is 13.6. The van der Waals surface area contributed by atoms with E-state index in [0.717, 1.165) is 10.9 Å². The van der Waals surface area contributed by atoms with Gasteiger partial charge in [0.05, 0.1) is 35.7 Å². The van der Waals surface area contributed by atoms with Crippen LogP contribution < -0.4 is 14.8 Å². The number of anilines is 2. The average molecular weight is 643 g/mol. The van der Waals surface area contributed by atoms with Crippen molar-refractivity contribution >= 4 is 55.2 Å². The Morgan fingerprint density at radius 2 is 1.93 bits per heavy atom. The molecule has 1 atom stereocenters. The van der Waals surface area contributed by atoms with Crippen molar-refractivity contribution in [2.24, 2.45) is 0 Å². The van der Waals surface area contributed by atoms with Crippen LogP contribution in [0.3, 0.4) is 0 Å². The Hall–Kier alpha value is -3.84. The lowest BCUT2D eigenvalue weighted by atomic mass is 10.1. The Balaban J connectivity index is 1.37. The second kappa shape index (κ2) is 13.2. The summed E-state index contributed by atoms with van der Waals surface area (Å²) in [7, 11) is -1.54. The second-order valence-corrected chi connectivity index (χ2v) is 13.3. The Labute approximate surface area is 257 Å². The number of ether oxygens (including phenoxy) is 3. The summed E-state index contributed by atoms with van der Waals surface area (Å²) < 4.78 is 53.5. The Morgan fingerprint density at radius 3 is 2.67 bits per heavy atom. The van der Waals surface area contributed by atoms with Crippen molar-refractivity contribution in [3.63, 3.8) is 0 Å². The summed E-state index contributed by atoms with van der Waals surface area (Å²) in [6, 6.07) is 15.2. The summed E-state index contributed by atoms with van der Waals surface area (Å²) in [5.74, 6) is 1.21. The molecule has 0 radical (unpaired) electrons. The van der Waals surface area contributed by atoms with Crippen LogP contribution in [0.1, 0.15) is 23.6 Å². The third kappa shape index (κ3) is 7.77. The highest BCUT2D eigenvalue weighted by molar-refractivity contribution is 7.90. The van der Waals surface area contributed by atoms with E-state index in [9.17, 15) is 12.8 Å². The molecule has 3 aromatic carbocycles. The van der Waals surface area contributed by atoms with Crippen molar-refractivity contribution in [3.8, 4) is 22.8 Å². The summed E-state index contributed by atoms with van der Waals surface area (Å²) in [6.07, 6.45) is 2.26. The van der Waals surface area contributed by atoms with Gasteiger partial charge in [-0.3, -0.25) is 0 Å². The van der Waals surface area contributed by atoms with Crippen LogP contribution in [0.25, 0.3) is 22.2 Å². The van der Waals surface area contributed by atoms with Gasteiger partial charge in [-0.25, -0.2) is 27.8 Å². The van der Waals surface area contributed by atoms with Gasteiger partial charge in [0.2, 0.25) is 0 Å². The van der Waals surface area contributed by atoms with Gasteiger partial charge in [0, 0.05) is 34.3 Å². The minimum absolute atomic E-state index is 0.0558. The predicted octanol–water partition coefficient (Wildman–Crippen LogP) is 7.00. The van der Waals surface area contributed by atoms with E-state index in [1.807, 2.05) is 30.5 Å². The van der Waals surface area contributed by atoms with E-state index in [2.05, 4.69) is 15.3 Å². The van der Waals surface area contributed by atoms with Crippen LogP contribution in [0.5, 0.6) is 11.5 Å². The third-order valence-electron chi connectivity index (χ3n) is 6.40. The number of benzene rings is 3. The van der Waals surface area contributed by atoms with Gasteiger partial charge in [0.1, 0.15) is 57.0 Å². The zero-order chi connectivity index (χ0) is 30.6. The molecule has 13 heteroatoms. The maximum Gasteiger partial charge on any atom is 0.149 e. The first kappa shape index (κ1) is 30.6. The maximum absolute atomic E-state index is 13.5. The molecule has 43 heavy (non-hydrogen) atoms. The SMILES string of the molecule is COc1cc2ncnc(Nc3ccc(OCc4cccc(F)c4)c(Cl)c3)c2cc1-c1csc(C(C)OCCS(C)(=O)=O)n1. The van der Waals surface area contributed by atoms with Gasteiger partial charge in [-0.15, -0.1) is 11.3 Å². The Kier molecular flexibility index (Phi) is 9.40. The molecule has 0 fully saturated rings. The lowest BCUT2D eigenvalue weighted by molar-refractivity contribution is 0.0776. The van der Waals surface area contributed by atoms with E-state index in [1.54, 1.807) is 31.4 Å². The van der Waals surface area contributed by atoms with Crippen LogP contribution in [-0.4, -0.2) is 49.1 Å². The van der Waals surface area contributed by atoms with E-state index in [4.69, 9.17) is 30.8 Å². The third-order valence-corrected chi connectivity index (χ3v) is 8.61. The number of thiazole rings is 1. The molecule has 0 amide bonds. The Bertz CT molecular complexity index is 1870. The lowest BCUT2D eigenvalue weighted by Gasteiger charge is -2.14. The summed E-state index contributed by atoms with van der Waals surface area (Å²) in [6.45, 7) is 2.10. The van der Waals surface area contributed by atoms with E-state index < -0.39 is 9.84 Å². The zero-order valence-corrected chi connectivity index (χ0v) is 25.9. The zero-order valence-electron chi connectivity index (χ0n) is 23.5. The highest BCUT2D eigenvalue weighted by atomic mass is 35.5. The van der Waals surface area contributed by atoms with Gasteiger partial charge in [-0.2, -0.15) is 0 Å². The molecule has 0 aliphatic carbocycles. The van der Waals surface area contributed by atoms with Crippen LogP contribution in [0, 0.1) is 5.82 Å². The van der Waals surface area contributed by atoms with Crippen molar-refractivity contribution in [1.82, 2.24) is 15.0 Å². The molecule has 0 aliphatic heterocycles. The smallest absolute Gasteiger partial charge is 0.149 e. The van der Waals surface area contributed by atoms with Crippen molar-refractivity contribution in [1.29, 1.82) is 0 Å². The molecule has 0 spiro atoms. The summed E-state index contributed by atoms with van der Waals surface area (Å²) in [5.41, 5.74) is 3.44. The predicted molar refractivity (Wildman–Crippen MR) is 167 cm³/mol. The van der Waals surface area contributed by atoms with Crippen molar-refractivity contribution in [2.45, 2.75) is 19.6 Å². The number of halogens is 2. The summed E-state index contributed by atoms with van der Waals surface area (Å²) >= 11 is 7.92. The minimum Gasteiger partial charge on any atom is -0.496 e. The number of hydrogen-bond donors (Lipinski definition) is 1. The lowest BCUT2D eigenvalue weighted by Crippen LogP contribution is -2.12. The van der Waals surface area contributed by atoms with Gasteiger partial charge in [-0.05, 0) is 48.9 Å². The first-order valence-electron chi connectivity index (χ1n) is 13.1. The number of methoxy groups -OCH3 is 1. The van der Waals surface area contributed by atoms with Gasteiger partial charge in [-0.1, -0.05) is 23.7 Å². The number of hydrogen-bond acceptors (Lipinski definition) is 10. The molecule has 1 N–H and O–H groups in total. The quantitative estimate of drug-likeness (QED) is 0.154. The monoisotopic (exact) mass is 642 g/mol. The topological polar surface area (TPSA) is 113 Å². The average Bonchev–Trinajstić information content (AvgIpc) is 3.46. The number of aromatic nitrogens is 3. The molecule has 1 unspecified atom stereocenters. The van der Waals surface area contributed by atoms with Crippen molar-refractivity contribution in [3.05, 3.63) is 87.7 Å². The molecule has 5 aromatic rings. The molecular formula is C30H28ClFN4O5S2. The molecular weight excluding hydrogens is 615 g/mol. The molecule has 0 aliphatic rings. The van der Waals surface area contributed by atoms with Crippen LogP contribution in [-0.2, 0) is 21.2 Å². The highest BCUT2D eigenvalue weighted by Gasteiger charge is 2.18. The second-order valence-electron chi connectivity index (χ2n) is 9.69. The van der Waals surface area contributed by atoms with Crippen LogP contribution in [0.15, 0.2) is 66.3 Å². The highest BCUT2D eigenvalue weighted by Crippen LogP contribution is 2.38. The molecule has 2 heterocycles. The minimum atomic E-state index is -3.12. The van der Waals surface area contributed by atoms with Gasteiger partial charge < -0.3 is 19.5 Å². The van der Waals surface area contributed by atoms with E-state index >= 15 is 0 Å². The number of fused-ring (bicyclic) bond motifs is 1. The van der Waals surface area contributed by atoms with Gasteiger partial charge in [0.15, 0.2) is 0 Å². The fraction of sp³-hybridized carbons (Fsp3) is 0.233. The normalized spacial score (nSPS) is 12.3. The van der Waals surface area contributed by atoms with Crippen molar-refractivity contribution in [2.75, 3.05) is 31.0 Å². The molecule has 9 nitrogen and oxygen atoms in total. The number of nitrogens with one attached hydrogen (secondary N) is 1. The fourth-order valence-electron chi connectivity index (χ4n) is 4.22. The van der Waals surface area contributed by atoms with Crippen molar-refractivity contribution < 1.29 is 27.0 Å². The molecule has 0 bridgehead atoms. The molecule has 0 saturated carbocycles. The van der Waals surface area contributed by atoms with E-state index in [1.165, 1.54) is 36.1 Å². The number of rotatable bonds is 12. The molecule has 0 saturated heterocycles. The maximum atomic E-state index is 13.5. The van der Waals surface area contributed by atoms with E-state index in [-0.39, 0.29) is 30.9 Å². The molecule has 224 valence electrons. The Morgan fingerprint density at radius 1 is 1.09 bits per heavy atom. The molecule has 2 aromatic heterocycles. The van der Waals surface area contributed by atoms with Crippen LogP contribution in [0.2, 0.25) is 5.02 Å². The largest absolute Gasteiger partial charge is 0.496 e. The molecule has 5 rings (SSSR count).